The van der Waals surface area contributed by atoms with Gasteiger partial charge in [0, 0.05) is 11.4 Å². The molecule has 1 heterocycles. The Morgan fingerprint density at radius 1 is 1.23 bits per heavy atom. The first kappa shape index (κ1) is 16.3. The zero-order valence-corrected chi connectivity index (χ0v) is 14.0. The van der Waals surface area contributed by atoms with E-state index in [1.807, 2.05) is 26.0 Å². The molecular formula is C16H22N4OS. The van der Waals surface area contributed by atoms with Crippen molar-refractivity contribution in [3.8, 4) is 5.75 Å². The molecule has 0 saturated heterocycles. The molecule has 22 heavy (non-hydrogen) atoms. The van der Waals surface area contributed by atoms with Crippen molar-refractivity contribution >= 4 is 17.3 Å². The SMILES string of the molecule is CCNC(=NCc1ccc(O)cc1)NCc1nc(C)c(C)s1. The number of thiazole rings is 1. The molecule has 0 aliphatic rings. The van der Waals surface area contributed by atoms with Crippen LogP contribution in [0.3, 0.4) is 0 Å². The van der Waals surface area contributed by atoms with E-state index < -0.39 is 0 Å². The molecule has 0 unspecified atom stereocenters. The van der Waals surface area contributed by atoms with Gasteiger partial charge in [0.2, 0.25) is 0 Å². The zero-order chi connectivity index (χ0) is 15.9. The second-order valence-corrected chi connectivity index (χ2v) is 6.25. The van der Waals surface area contributed by atoms with E-state index in [1.165, 1.54) is 4.88 Å². The van der Waals surface area contributed by atoms with Crippen molar-refractivity contribution < 1.29 is 5.11 Å². The largest absolute Gasteiger partial charge is 0.508 e. The van der Waals surface area contributed by atoms with Crippen molar-refractivity contribution in [2.45, 2.75) is 33.9 Å². The van der Waals surface area contributed by atoms with Gasteiger partial charge in [0.15, 0.2) is 5.96 Å². The fourth-order valence-corrected chi connectivity index (χ4v) is 2.76. The molecule has 1 aromatic carbocycles. The highest BCUT2D eigenvalue weighted by atomic mass is 32.1. The Bertz CT molecular complexity index is 615. The van der Waals surface area contributed by atoms with Gasteiger partial charge >= 0.3 is 0 Å². The van der Waals surface area contributed by atoms with E-state index in [0.717, 1.165) is 28.8 Å². The Labute approximate surface area is 135 Å². The van der Waals surface area contributed by atoms with Crippen LogP contribution in [0.2, 0.25) is 0 Å². The van der Waals surface area contributed by atoms with Crippen molar-refractivity contribution in [3.05, 3.63) is 45.4 Å². The molecule has 5 nitrogen and oxygen atoms in total. The lowest BCUT2D eigenvalue weighted by Crippen LogP contribution is -2.36. The third-order valence-electron chi connectivity index (χ3n) is 3.18. The van der Waals surface area contributed by atoms with Crippen LogP contribution in [0.1, 0.15) is 28.1 Å². The Hall–Kier alpha value is -2.08. The average molecular weight is 318 g/mol. The van der Waals surface area contributed by atoms with Gasteiger partial charge in [0.05, 0.1) is 18.8 Å². The lowest BCUT2D eigenvalue weighted by molar-refractivity contribution is 0.475. The first-order valence-electron chi connectivity index (χ1n) is 7.31. The predicted octanol–water partition coefficient (Wildman–Crippen LogP) is 2.72. The van der Waals surface area contributed by atoms with E-state index in [4.69, 9.17) is 0 Å². The number of aliphatic imine (C=N–C) groups is 1. The topological polar surface area (TPSA) is 69.5 Å². The monoisotopic (exact) mass is 318 g/mol. The van der Waals surface area contributed by atoms with E-state index in [-0.39, 0.29) is 5.75 Å². The van der Waals surface area contributed by atoms with Crippen molar-refractivity contribution in [1.82, 2.24) is 15.6 Å². The fraction of sp³-hybridized carbons (Fsp3) is 0.375. The van der Waals surface area contributed by atoms with Crippen LogP contribution in [0.4, 0.5) is 0 Å². The maximum Gasteiger partial charge on any atom is 0.191 e. The molecule has 0 radical (unpaired) electrons. The molecule has 1 aromatic heterocycles. The number of nitrogens with one attached hydrogen (secondary N) is 2. The van der Waals surface area contributed by atoms with Crippen molar-refractivity contribution in [1.29, 1.82) is 0 Å². The standard InChI is InChI=1S/C16H22N4OS/c1-4-17-16(18-9-13-5-7-14(21)8-6-13)19-10-15-20-11(2)12(3)22-15/h5-8,21H,4,9-10H2,1-3H3,(H2,17,18,19). The minimum absolute atomic E-state index is 0.271. The Morgan fingerprint density at radius 2 is 1.95 bits per heavy atom. The Morgan fingerprint density at radius 3 is 2.55 bits per heavy atom. The van der Waals surface area contributed by atoms with E-state index in [1.54, 1.807) is 23.5 Å². The van der Waals surface area contributed by atoms with Gasteiger partial charge in [-0.15, -0.1) is 11.3 Å². The molecule has 0 spiro atoms. The van der Waals surface area contributed by atoms with Gasteiger partial charge < -0.3 is 15.7 Å². The molecule has 0 amide bonds. The number of guanidine groups is 1. The Balaban J connectivity index is 1.96. The molecule has 0 fully saturated rings. The van der Waals surface area contributed by atoms with E-state index in [2.05, 4.69) is 27.5 Å². The molecule has 2 rings (SSSR count). The van der Waals surface area contributed by atoms with Crippen LogP contribution in [-0.4, -0.2) is 22.6 Å². The van der Waals surface area contributed by atoms with Crippen LogP contribution < -0.4 is 10.6 Å². The summed E-state index contributed by atoms with van der Waals surface area (Å²) >= 11 is 1.71. The summed E-state index contributed by atoms with van der Waals surface area (Å²) in [7, 11) is 0. The molecule has 0 aliphatic carbocycles. The quantitative estimate of drug-likeness (QED) is 0.586. The number of aryl methyl sites for hydroxylation is 2. The number of nitrogens with zero attached hydrogens (tertiary/aromatic N) is 2. The summed E-state index contributed by atoms with van der Waals surface area (Å²) in [6.45, 7) is 8.18. The van der Waals surface area contributed by atoms with E-state index in [0.29, 0.717) is 13.1 Å². The molecule has 3 N–H and O–H groups in total. The molecule has 0 saturated carbocycles. The normalized spacial score (nSPS) is 11.5. The van der Waals surface area contributed by atoms with Gasteiger partial charge in [-0.25, -0.2) is 9.98 Å². The number of benzene rings is 1. The number of rotatable bonds is 5. The number of phenolic OH excluding ortho intramolecular Hbond substituents is 1. The van der Waals surface area contributed by atoms with Gasteiger partial charge in [-0.05, 0) is 38.5 Å². The maximum absolute atomic E-state index is 9.29. The third-order valence-corrected chi connectivity index (χ3v) is 4.25. The summed E-state index contributed by atoms with van der Waals surface area (Å²) in [5, 5.41) is 16.9. The summed E-state index contributed by atoms with van der Waals surface area (Å²) in [4.78, 5) is 10.3. The third kappa shape index (κ3) is 4.73. The first-order valence-corrected chi connectivity index (χ1v) is 8.13. The fourth-order valence-electron chi connectivity index (χ4n) is 1.89. The molecular weight excluding hydrogens is 296 g/mol. The zero-order valence-electron chi connectivity index (χ0n) is 13.2. The molecule has 6 heteroatoms. The summed E-state index contributed by atoms with van der Waals surface area (Å²) in [6, 6.07) is 7.09. The van der Waals surface area contributed by atoms with Crippen LogP contribution in [-0.2, 0) is 13.1 Å². The van der Waals surface area contributed by atoms with Crippen LogP contribution in [0.15, 0.2) is 29.3 Å². The Kier molecular flexibility index (Phi) is 5.77. The van der Waals surface area contributed by atoms with Gasteiger partial charge in [0.1, 0.15) is 10.8 Å². The molecule has 118 valence electrons. The van der Waals surface area contributed by atoms with Crippen LogP contribution in [0.5, 0.6) is 5.75 Å². The second-order valence-electron chi connectivity index (χ2n) is 4.96. The second kappa shape index (κ2) is 7.79. The lowest BCUT2D eigenvalue weighted by atomic mass is 10.2. The van der Waals surface area contributed by atoms with E-state index in [9.17, 15) is 5.11 Å². The number of phenols is 1. The minimum atomic E-state index is 0.271. The molecule has 2 aromatic rings. The number of aromatic hydroxyl groups is 1. The summed E-state index contributed by atoms with van der Waals surface area (Å²) in [6.07, 6.45) is 0. The molecule has 0 aliphatic heterocycles. The van der Waals surface area contributed by atoms with Crippen molar-refractivity contribution in [2.75, 3.05) is 6.54 Å². The predicted molar refractivity (Wildman–Crippen MR) is 91.4 cm³/mol. The van der Waals surface area contributed by atoms with Gasteiger partial charge in [-0.3, -0.25) is 0 Å². The van der Waals surface area contributed by atoms with Crippen LogP contribution >= 0.6 is 11.3 Å². The lowest BCUT2D eigenvalue weighted by Gasteiger charge is -2.10. The molecule has 0 atom stereocenters. The highest BCUT2D eigenvalue weighted by Gasteiger charge is 2.04. The smallest absolute Gasteiger partial charge is 0.191 e. The number of hydrogen-bond acceptors (Lipinski definition) is 4. The average Bonchev–Trinajstić information content (AvgIpc) is 2.82. The van der Waals surface area contributed by atoms with E-state index >= 15 is 0 Å². The summed E-state index contributed by atoms with van der Waals surface area (Å²) in [5.74, 6) is 1.04. The van der Waals surface area contributed by atoms with Crippen molar-refractivity contribution in [3.63, 3.8) is 0 Å². The first-order chi connectivity index (χ1) is 10.6. The minimum Gasteiger partial charge on any atom is -0.508 e. The summed E-state index contributed by atoms with van der Waals surface area (Å²) < 4.78 is 0. The van der Waals surface area contributed by atoms with Crippen LogP contribution in [0.25, 0.3) is 0 Å². The van der Waals surface area contributed by atoms with Crippen LogP contribution in [0, 0.1) is 13.8 Å². The van der Waals surface area contributed by atoms with Gasteiger partial charge in [-0.2, -0.15) is 0 Å². The van der Waals surface area contributed by atoms with Crippen molar-refractivity contribution in [2.24, 2.45) is 4.99 Å². The molecule has 0 bridgehead atoms. The number of hydrogen-bond donors (Lipinski definition) is 3. The van der Waals surface area contributed by atoms with Gasteiger partial charge in [-0.1, -0.05) is 12.1 Å². The number of aromatic nitrogens is 1. The highest BCUT2D eigenvalue weighted by Crippen LogP contribution is 2.16. The summed E-state index contributed by atoms with van der Waals surface area (Å²) in [5.41, 5.74) is 2.14. The van der Waals surface area contributed by atoms with Gasteiger partial charge in [0.25, 0.3) is 0 Å². The highest BCUT2D eigenvalue weighted by molar-refractivity contribution is 7.11. The maximum atomic E-state index is 9.29.